The summed E-state index contributed by atoms with van der Waals surface area (Å²) in [5.74, 6) is 1.05. The molecular formula is C32H34N4O5S. The van der Waals surface area contributed by atoms with Crippen LogP contribution < -0.4 is 19.5 Å². The molecule has 2 amide bonds. The number of thioether (sulfide) groups is 1. The Hall–Kier alpha value is -4.57. The fourth-order valence-corrected chi connectivity index (χ4v) is 5.27. The fraction of sp³-hybridized carbons (Fsp3) is 0.250. The summed E-state index contributed by atoms with van der Waals surface area (Å²) in [6.07, 6.45) is 0. The number of carbonyl (C=O) groups is 2. The van der Waals surface area contributed by atoms with Gasteiger partial charge in [-0.2, -0.15) is 0 Å². The van der Waals surface area contributed by atoms with Crippen LogP contribution in [0.15, 0.2) is 84.0 Å². The van der Waals surface area contributed by atoms with Gasteiger partial charge in [0.15, 0.2) is 5.16 Å². The number of rotatable bonds is 12. The van der Waals surface area contributed by atoms with Crippen molar-refractivity contribution in [2.45, 2.75) is 31.6 Å². The predicted molar refractivity (Wildman–Crippen MR) is 163 cm³/mol. The fourth-order valence-electron chi connectivity index (χ4n) is 4.43. The lowest BCUT2D eigenvalue weighted by Gasteiger charge is -2.32. The van der Waals surface area contributed by atoms with E-state index in [1.165, 1.54) is 18.9 Å². The lowest BCUT2D eigenvalue weighted by Crippen LogP contribution is -2.41. The third-order valence-electron chi connectivity index (χ3n) is 6.46. The monoisotopic (exact) mass is 586 g/mol. The summed E-state index contributed by atoms with van der Waals surface area (Å²) >= 11 is 1.24. The summed E-state index contributed by atoms with van der Waals surface area (Å²) in [7, 11) is 4.65. The molecule has 0 aliphatic rings. The first-order valence-electron chi connectivity index (χ1n) is 13.3. The number of anilines is 1. The van der Waals surface area contributed by atoms with Gasteiger partial charge in [0.1, 0.15) is 23.3 Å². The molecule has 9 nitrogen and oxygen atoms in total. The first-order valence-corrected chi connectivity index (χ1v) is 14.2. The molecule has 0 unspecified atom stereocenters. The second kappa shape index (κ2) is 14.4. The smallest absolute Gasteiger partial charge is 0.251 e. The van der Waals surface area contributed by atoms with E-state index in [0.29, 0.717) is 33.7 Å². The van der Waals surface area contributed by atoms with E-state index >= 15 is 0 Å². The third kappa shape index (κ3) is 7.79. The van der Waals surface area contributed by atoms with Crippen LogP contribution in [0.25, 0.3) is 0 Å². The van der Waals surface area contributed by atoms with Crippen LogP contribution in [-0.4, -0.2) is 53.8 Å². The van der Waals surface area contributed by atoms with Crippen LogP contribution in [0.1, 0.15) is 28.6 Å². The Morgan fingerprint density at radius 1 is 0.833 bits per heavy atom. The van der Waals surface area contributed by atoms with Gasteiger partial charge < -0.3 is 24.4 Å². The number of ether oxygens (including phenoxy) is 3. The lowest BCUT2D eigenvalue weighted by molar-refractivity contribution is -0.137. The molecular weight excluding hydrogens is 552 g/mol. The second-order valence-electron chi connectivity index (χ2n) is 9.46. The minimum Gasteiger partial charge on any atom is -0.497 e. The Bertz CT molecular complexity index is 1500. The van der Waals surface area contributed by atoms with Crippen molar-refractivity contribution in [3.63, 3.8) is 0 Å². The third-order valence-corrected chi connectivity index (χ3v) is 7.29. The van der Waals surface area contributed by atoms with Crippen molar-refractivity contribution in [2.24, 2.45) is 0 Å². The minimum absolute atomic E-state index is 0.0432. The summed E-state index contributed by atoms with van der Waals surface area (Å²) in [5, 5.41) is 3.48. The molecule has 3 aromatic carbocycles. The standard InChI is InChI=1S/C32H34N4O5S/c1-21-17-22(2)34-32(33-21)42-20-29(37)36(19-23-9-7-6-8-10-23)30(24-11-13-25(39-3)14-12-24)31(38)35-27-16-15-26(40-4)18-28(27)41-5/h6-18,30H,19-20H2,1-5H3,(H,35,38)/t30-/m1/s1. The molecule has 0 fully saturated rings. The van der Waals surface area contributed by atoms with Gasteiger partial charge in [-0.05, 0) is 55.3 Å². The molecule has 0 saturated heterocycles. The van der Waals surface area contributed by atoms with Gasteiger partial charge in [-0.3, -0.25) is 9.59 Å². The maximum atomic E-state index is 14.1. The van der Waals surface area contributed by atoms with Gasteiger partial charge in [0.2, 0.25) is 5.91 Å². The molecule has 0 radical (unpaired) electrons. The highest BCUT2D eigenvalue weighted by Gasteiger charge is 2.32. The minimum atomic E-state index is -0.976. The molecule has 1 N–H and O–H groups in total. The Morgan fingerprint density at radius 2 is 1.48 bits per heavy atom. The molecule has 218 valence electrons. The average Bonchev–Trinajstić information content (AvgIpc) is 3.00. The Balaban J connectivity index is 1.72. The van der Waals surface area contributed by atoms with Crippen molar-refractivity contribution in [2.75, 3.05) is 32.4 Å². The SMILES string of the molecule is COc1ccc([C@H](C(=O)Nc2ccc(OC)cc2OC)N(Cc2ccccc2)C(=O)CSc2nc(C)cc(C)n2)cc1. The molecule has 0 saturated carbocycles. The normalized spacial score (nSPS) is 11.4. The molecule has 4 rings (SSSR count). The quantitative estimate of drug-likeness (QED) is 0.169. The van der Waals surface area contributed by atoms with E-state index in [1.54, 1.807) is 61.6 Å². The van der Waals surface area contributed by atoms with E-state index < -0.39 is 11.9 Å². The Labute approximate surface area is 250 Å². The number of aromatic nitrogens is 2. The van der Waals surface area contributed by atoms with Gasteiger partial charge >= 0.3 is 0 Å². The van der Waals surface area contributed by atoms with Crippen LogP contribution in [0.3, 0.4) is 0 Å². The molecule has 1 atom stereocenters. The second-order valence-corrected chi connectivity index (χ2v) is 10.4. The first-order chi connectivity index (χ1) is 20.3. The van der Waals surface area contributed by atoms with Crippen LogP contribution in [0, 0.1) is 13.8 Å². The van der Waals surface area contributed by atoms with Gasteiger partial charge in [0.25, 0.3) is 5.91 Å². The highest BCUT2D eigenvalue weighted by Crippen LogP contribution is 2.32. The van der Waals surface area contributed by atoms with Gasteiger partial charge in [-0.15, -0.1) is 0 Å². The summed E-state index contributed by atoms with van der Waals surface area (Å²) < 4.78 is 16.1. The zero-order valence-electron chi connectivity index (χ0n) is 24.3. The zero-order valence-corrected chi connectivity index (χ0v) is 25.1. The Kier molecular flexibility index (Phi) is 10.4. The summed E-state index contributed by atoms with van der Waals surface area (Å²) in [5.41, 5.74) is 3.60. The molecule has 0 aliphatic heterocycles. The maximum Gasteiger partial charge on any atom is 0.251 e. The predicted octanol–water partition coefficient (Wildman–Crippen LogP) is 5.62. The number of hydrogen-bond donors (Lipinski definition) is 1. The van der Waals surface area contributed by atoms with Crippen molar-refractivity contribution in [3.05, 3.63) is 101 Å². The van der Waals surface area contributed by atoms with Crippen LogP contribution in [0.2, 0.25) is 0 Å². The maximum absolute atomic E-state index is 14.1. The van der Waals surface area contributed by atoms with Crippen LogP contribution in [0.4, 0.5) is 5.69 Å². The lowest BCUT2D eigenvalue weighted by atomic mass is 10.0. The number of nitrogens with one attached hydrogen (secondary N) is 1. The van der Waals surface area contributed by atoms with Crippen LogP contribution in [0.5, 0.6) is 17.2 Å². The van der Waals surface area contributed by atoms with Crippen molar-refractivity contribution in [1.82, 2.24) is 14.9 Å². The number of nitrogens with zero attached hydrogens (tertiary/aromatic N) is 3. The first kappa shape index (κ1) is 30.4. The van der Waals surface area contributed by atoms with Gasteiger partial charge in [0.05, 0.1) is 32.8 Å². The summed E-state index contributed by atoms with van der Waals surface area (Å²) in [4.78, 5) is 38.6. The molecule has 1 heterocycles. The molecule has 10 heteroatoms. The van der Waals surface area contributed by atoms with Crippen LogP contribution >= 0.6 is 11.8 Å². The highest BCUT2D eigenvalue weighted by atomic mass is 32.2. The van der Waals surface area contributed by atoms with E-state index in [4.69, 9.17) is 14.2 Å². The molecule has 0 bridgehead atoms. The molecule has 1 aromatic heterocycles. The number of benzene rings is 3. The van der Waals surface area contributed by atoms with Gasteiger partial charge in [0, 0.05) is 24.0 Å². The van der Waals surface area contributed by atoms with E-state index in [-0.39, 0.29) is 18.2 Å². The number of amides is 2. The zero-order chi connectivity index (χ0) is 30.1. The Morgan fingerprint density at radius 3 is 2.10 bits per heavy atom. The largest absolute Gasteiger partial charge is 0.497 e. The van der Waals surface area contributed by atoms with E-state index in [0.717, 1.165) is 17.0 Å². The number of methoxy groups -OCH3 is 3. The topological polar surface area (TPSA) is 103 Å². The number of hydrogen-bond acceptors (Lipinski definition) is 8. The highest BCUT2D eigenvalue weighted by molar-refractivity contribution is 7.99. The summed E-state index contributed by atoms with van der Waals surface area (Å²) in [6.45, 7) is 3.98. The van der Waals surface area contributed by atoms with Crippen molar-refractivity contribution in [3.8, 4) is 17.2 Å². The number of aryl methyl sites for hydroxylation is 2. The summed E-state index contributed by atoms with van der Waals surface area (Å²) in [6, 6.07) is 22.7. The van der Waals surface area contributed by atoms with Crippen molar-refractivity contribution in [1.29, 1.82) is 0 Å². The van der Waals surface area contributed by atoms with E-state index in [2.05, 4.69) is 15.3 Å². The molecule has 0 aliphatic carbocycles. The van der Waals surface area contributed by atoms with E-state index in [9.17, 15) is 9.59 Å². The van der Waals surface area contributed by atoms with Crippen LogP contribution in [-0.2, 0) is 16.1 Å². The number of carbonyl (C=O) groups excluding carboxylic acids is 2. The van der Waals surface area contributed by atoms with Gasteiger partial charge in [-0.1, -0.05) is 54.2 Å². The van der Waals surface area contributed by atoms with Crippen molar-refractivity contribution >= 4 is 29.3 Å². The molecule has 0 spiro atoms. The molecule has 42 heavy (non-hydrogen) atoms. The van der Waals surface area contributed by atoms with Gasteiger partial charge in [-0.25, -0.2) is 9.97 Å². The average molecular weight is 587 g/mol. The molecule has 4 aromatic rings. The van der Waals surface area contributed by atoms with E-state index in [1.807, 2.05) is 50.2 Å². The van der Waals surface area contributed by atoms with Crippen molar-refractivity contribution < 1.29 is 23.8 Å².